The molecule has 1 saturated heterocycles. The summed E-state index contributed by atoms with van der Waals surface area (Å²) in [7, 11) is 0. The highest BCUT2D eigenvalue weighted by molar-refractivity contribution is 6.04. The maximum absolute atomic E-state index is 13.3. The van der Waals surface area contributed by atoms with E-state index in [9.17, 15) is 14.0 Å². The van der Waals surface area contributed by atoms with Crippen molar-refractivity contribution in [2.45, 2.75) is 12.8 Å². The molecule has 2 unspecified atom stereocenters. The second-order valence-corrected chi connectivity index (χ2v) is 5.92. The molecule has 0 bridgehead atoms. The topological polar surface area (TPSA) is 70.6 Å². The molecule has 6 heteroatoms. The molecule has 2 aromatic carbocycles. The quantitative estimate of drug-likeness (QED) is 0.509. The number of hydrazone groups is 1. The smallest absolute Gasteiger partial charge is 0.253 e. The number of carbonyl (C=O) groups is 2. The lowest BCUT2D eigenvalue weighted by Gasteiger charge is -2.15. The van der Waals surface area contributed by atoms with Gasteiger partial charge in [-0.2, -0.15) is 5.10 Å². The molecule has 0 saturated carbocycles. The average Bonchev–Trinajstić information content (AvgIpc) is 3.02. The normalized spacial score (nSPS) is 20.2. The highest BCUT2D eigenvalue weighted by Crippen LogP contribution is 2.29. The third kappa shape index (κ3) is 3.74. The molecule has 0 aromatic heterocycles. The standard InChI is InChI=1S/C19H18FN3O2/c1-12(14-8-5-9-15(20)10-14)22-23-19(25)17-16(11-21-18(17)24)13-6-3-2-4-7-13/h2-10,16-17H,11H2,1H3,(H,21,24)(H,23,25)/b22-12-. The first-order valence-electron chi connectivity index (χ1n) is 7.99. The Balaban J connectivity index is 1.75. The number of hydrogen-bond acceptors (Lipinski definition) is 3. The fourth-order valence-electron chi connectivity index (χ4n) is 2.92. The van der Waals surface area contributed by atoms with Gasteiger partial charge in [0.1, 0.15) is 11.7 Å². The van der Waals surface area contributed by atoms with Crippen molar-refractivity contribution in [3.63, 3.8) is 0 Å². The molecule has 2 amide bonds. The highest BCUT2D eigenvalue weighted by Gasteiger charge is 2.40. The van der Waals surface area contributed by atoms with Gasteiger partial charge < -0.3 is 5.32 Å². The van der Waals surface area contributed by atoms with E-state index in [-0.39, 0.29) is 17.6 Å². The summed E-state index contributed by atoms with van der Waals surface area (Å²) in [4.78, 5) is 24.6. The Morgan fingerprint density at radius 1 is 1.20 bits per heavy atom. The van der Waals surface area contributed by atoms with E-state index in [1.807, 2.05) is 30.3 Å². The van der Waals surface area contributed by atoms with E-state index in [4.69, 9.17) is 0 Å². The van der Waals surface area contributed by atoms with E-state index in [1.165, 1.54) is 12.1 Å². The van der Waals surface area contributed by atoms with Crippen LogP contribution < -0.4 is 10.7 Å². The van der Waals surface area contributed by atoms with E-state index in [0.717, 1.165) is 5.56 Å². The SMILES string of the molecule is C/C(=N/NC(=O)C1C(=O)NCC1c1ccccc1)c1cccc(F)c1. The summed E-state index contributed by atoms with van der Waals surface area (Å²) in [6.45, 7) is 2.08. The number of rotatable bonds is 4. The Labute approximate surface area is 144 Å². The van der Waals surface area contributed by atoms with Crippen LogP contribution in [0.1, 0.15) is 24.0 Å². The van der Waals surface area contributed by atoms with Crippen LogP contribution in [0.5, 0.6) is 0 Å². The van der Waals surface area contributed by atoms with E-state index in [0.29, 0.717) is 17.8 Å². The van der Waals surface area contributed by atoms with Gasteiger partial charge in [-0.05, 0) is 24.6 Å². The molecular weight excluding hydrogens is 321 g/mol. The van der Waals surface area contributed by atoms with Crippen LogP contribution in [-0.2, 0) is 9.59 Å². The van der Waals surface area contributed by atoms with Gasteiger partial charge in [-0.1, -0.05) is 42.5 Å². The first-order chi connectivity index (χ1) is 12.1. The zero-order valence-corrected chi connectivity index (χ0v) is 13.7. The zero-order chi connectivity index (χ0) is 17.8. The van der Waals surface area contributed by atoms with E-state index >= 15 is 0 Å². The lowest BCUT2D eigenvalue weighted by molar-refractivity contribution is -0.133. The van der Waals surface area contributed by atoms with Crippen molar-refractivity contribution in [3.05, 3.63) is 71.5 Å². The van der Waals surface area contributed by atoms with Crippen LogP contribution in [0.2, 0.25) is 0 Å². The predicted molar refractivity (Wildman–Crippen MR) is 92.4 cm³/mol. The molecule has 25 heavy (non-hydrogen) atoms. The van der Waals surface area contributed by atoms with Crippen LogP contribution in [0, 0.1) is 11.7 Å². The fraction of sp³-hybridized carbons (Fsp3) is 0.211. The summed E-state index contributed by atoms with van der Waals surface area (Å²) in [5.41, 5.74) is 4.39. The first kappa shape index (κ1) is 16.8. The first-order valence-corrected chi connectivity index (χ1v) is 7.99. The zero-order valence-electron chi connectivity index (χ0n) is 13.7. The third-order valence-corrected chi connectivity index (χ3v) is 4.27. The Morgan fingerprint density at radius 3 is 2.68 bits per heavy atom. The van der Waals surface area contributed by atoms with Crippen LogP contribution in [0.25, 0.3) is 0 Å². The number of benzene rings is 2. The molecular formula is C19H18FN3O2. The number of halogens is 1. The molecule has 1 aliphatic heterocycles. The van der Waals surface area contributed by atoms with Gasteiger partial charge in [-0.25, -0.2) is 9.82 Å². The van der Waals surface area contributed by atoms with Crippen molar-refractivity contribution >= 4 is 17.5 Å². The minimum atomic E-state index is -0.841. The van der Waals surface area contributed by atoms with Crippen molar-refractivity contribution in [2.24, 2.45) is 11.0 Å². The highest BCUT2D eigenvalue weighted by atomic mass is 19.1. The summed E-state index contributed by atoms with van der Waals surface area (Å²) >= 11 is 0. The Morgan fingerprint density at radius 2 is 1.96 bits per heavy atom. The Bertz CT molecular complexity index is 820. The number of amides is 2. The van der Waals surface area contributed by atoms with Gasteiger partial charge in [0.15, 0.2) is 0 Å². The lowest BCUT2D eigenvalue weighted by Crippen LogP contribution is -2.35. The fourth-order valence-corrected chi connectivity index (χ4v) is 2.92. The maximum atomic E-state index is 13.3. The lowest BCUT2D eigenvalue weighted by atomic mass is 9.88. The van der Waals surface area contributed by atoms with Gasteiger partial charge in [0.05, 0.1) is 5.71 Å². The summed E-state index contributed by atoms with van der Waals surface area (Å²) in [5, 5.41) is 6.74. The molecule has 2 atom stereocenters. The van der Waals surface area contributed by atoms with Crippen LogP contribution in [0.15, 0.2) is 59.7 Å². The van der Waals surface area contributed by atoms with E-state index in [1.54, 1.807) is 19.1 Å². The minimum absolute atomic E-state index is 0.238. The van der Waals surface area contributed by atoms with E-state index < -0.39 is 11.8 Å². The number of hydrogen-bond donors (Lipinski definition) is 2. The number of nitrogens with one attached hydrogen (secondary N) is 2. The summed E-state index contributed by atoms with van der Waals surface area (Å²) < 4.78 is 13.3. The molecule has 128 valence electrons. The van der Waals surface area contributed by atoms with Crippen LogP contribution in [-0.4, -0.2) is 24.1 Å². The molecule has 2 N–H and O–H groups in total. The number of carbonyl (C=O) groups excluding carboxylic acids is 2. The molecule has 0 radical (unpaired) electrons. The molecule has 3 rings (SSSR count). The second kappa shape index (κ2) is 7.25. The molecule has 1 heterocycles. The molecule has 0 spiro atoms. The van der Waals surface area contributed by atoms with Crippen molar-refractivity contribution in [3.8, 4) is 0 Å². The molecule has 0 aliphatic carbocycles. The molecule has 1 fully saturated rings. The van der Waals surface area contributed by atoms with Crippen molar-refractivity contribution in [2.75, 3.05) is 6.54 Å². The molecule has 2 aromatic rings. The van der Waals surface area contributed by atoms with Gasteiger partial charge in [0, 0.05) is 18.0 Å². The van der Waals surface area contributed by atoms with Crippen LogP contribution >= 0.6 is 0 Å². The van der Waals surface area contributed by atoms with Crippen molar-refractivity contribution in [1.82, 2.24) is 10.7 Å². The van der Waals surface area contributed by atoms with Gasteiger partial charge in [0.25, 0.3) is 5.91 Å². The average molecular weight is 339 g/mol. The Hall–Kier alpha value is -3.02. The summed E-state index contributed by atoms with van der Waals surface area (Å²) in [6.07, 6.45) is 0. The summed E-state index contributed by atoms with van der Waals surface area (Å²) in [5.74, 6) is -2.24. The minimum Gasteiger partial charge on any atom is -0.355 e. The van der Waals surface area contributed by atoms with Crippen LogP contribution in [0.3, 0.4) is 0 Å². The molecule has 1 aliphatic rings. The van der Waals surface area contributed by atoms with Crippen molar-refractivity contribution < 1.29 is 14.0 Å². The monoisotopic (exact) mass is 339 g/mol. The number of nitrogens with zero attached hydrogens (tertiary/aromatic N) is 1. The van der Waals surface area contributed by atoms with Crippen LogP contribution in [0.4, 0.5) is 4.39 Å². The summed E-state index contributed by atoms with van der Waals surface area (Å²) in [6, 6.07) is 15.4. The predicted octanol–water partition coefficient (Wildman–Crippen LogP) is 2.20. The molecule has 5 nitrogen and oxygen atoms in total. The second-order valence-electron chi connectivity index (χ2n) is 5.92. The third-order valence-electron chi connectivity index (χ3n) is 4.27. The van der Waals surface area contributed by atoms with Gasteiger partial charge >= 0.3 is 0 Å². The Kier molecular flexibility index (Phi) is 4.88. The maximum Gasteiger partial charge on any atom is 0.253 e. The van der Waals surface area contributed by atoms with E-state index in [2.05, 4.69) is 15.8 Å². The van der Waals surface area contributed by atoms with Gasteiger partial charge in [0.2, 0.25) is 5.91 Å². The van der Waals surface area contributed by atoms with Crippen molar-refractivity contribution in [1.29, 1.82) is 0 Å². The largest absolute Gasteiger partial charge is 0.355 e. The van der Waals surface area contributed by atoms with Gasteiger partial charge in [-0.15, -0.1) is 0 Å². The van der Waals surface area contributed by atoms with Gasteiger partial charge in [-0.3, -0.25) is 9.59 Å².